The molecular weight excluding hydrogens is 1450 g/mol. The number of unbranched alkanes of at least 4 members (excludes halogenated alkanes) is 44. The van der Waals surface area contributed by atoms with E-state index in [1.807, 2.05) is 0 Å². The maximum atomic E-state index is 16.6. The van der Waals surface area contributed by atoms with Gasteiger partial charge in [-0.3, -0.25) is 28.3 Å². The molecule has 118 heavy (non-hydrogen) atoms. The van der Waals surface area contributed by atoms with E-state index in [4.69, 9.17) is 18.9 Å². The van der Waals surface area contributed by atoms with Crippen LogP contribution >= 0.6 is 0 Å². The van der Waals surface area contributed by atoms with Gasteiger partial charge in [-0.2, -0.15) is 0 Å². The molecule has 0 fully saturated rings. The lowest BCUT2D eigenvalue weighted by molar-refractivity contribution is 0.259. The first-order valence-corrected chi connectivity index (χ1v) is 50.0. The van der Waals surface area contributed by atoms with Gasteiger partial charge in [-0.25, -0.2) is 0 Å². The zero-order chi connectivity index (χ0) is 82.8. The first-order chi connectivity index (χ1) is 58.1. The topological polar surface area (TPSA) is 115 Å². The number of fused-ring (bicyclic) bond motifs is 6. The summed E-state index contributed by atoms with van der Waals surface area (Å²) in [4.78, 5) is 66.4. The predicted molar refractivity (Wildman–Crippen MR) is 511 cm³/mol. The molecule has 648 valence electrons. The van der Waals surface area contributed by atoms with E-state index in [2.05, 4.69) is 104 Å². The van der Waals surface area contributed by atoms with Gasteiger partial charge in [0.05, 0.1) is 26.4 Å². The second-order valence-electron chi connectivity index (χ2n) is 36.9. The Kier molecular flexibility index (Phi) is 38.6. The summed E-state index contributed by atoms with van der Waals surface area (Å²) in [5, 5.41) is 16.4. The van der Waals surface area contributed by atoms with Crippen LogP contribution in [0, 0.1) is 11.8 Å². The van der Waals surface area contributed by atoms with E-state index in [1.165, 1.54) is 205 Å². The third kappa shape index (κ3) is 23.6. The first-order valence-electron chi connectivity index (χ1n) is 50.0. The highest BCUT2D eigenvalue weighted by atomic mass is 16.5. The smallest absolute Gasteiger partial charge is 0.261 e. The van der Waals surface area contributed by atoms with Gasteiger partial charge in [0.15, 0.2) is 23.0 Å². The van der Waals surface area contributed by atoms with E-state index in [1.54, 1.807) is 9.13 Å². The molecular formula is C108H158N2O8. The molecule has 11 aromatic rings. The fourth-order valence-electron chi connectivity index (χ4n) is 20.4. The normalized spacial score (nSPS) is 12.9. The zero-order valence-corrected chi connectivity index (χ0v) is 75.8. The lowest BCUT2D eigenvalue weighted by atomic mass is 9.77. The van der Waals surface area contributed by atoms with Gasteiger partial charge in [0.1, 0.15) is 0 Å². The third-order valence-electron chi connectivity index (χ3n) is 27.3. The molecule has 0 bridgehead atoms. The van der Waals surface area contributed by atoms with Crippen molar-refractivity contribution in [3.05, 3.63) is 89.9 Å². The molecule has 0 aliphatic rings. The van der Waals surface area contributed by atoms with Crippen molar-refractivity contribution in [2.45, 2.75) is 428 Å². The van der Waals surface area contributed by atoms with Crippen molar-refractivity contribution in [2.24, 2.45) is 11.8 Å². The largest absolute Gasteiger partial charge is 0.490 e. The maximum Gasteiger partial charge on any atom is 0.261 e. The molecule has 2 unspecified atom stereocenters. The van der Waals surface area contributed by atoms with Crippen LogP contribution in [0.1, 0.15) is 415 Å². The van der Waals surface area contributed by atoms with Crippen LogP contribution in [0.2, 0.25) is 0 Å². The van der Waals surface area contributed by atoms with Gasteiger partial charge in [0, 0.05) is 56.2 Å². The number of benzene rings is 9. The van der Waals surface area contributed by atoms with E-state index in [0.717, 1.165) is 230 Å². The van der Waals surface area contributed by atoms with Crippen LogP contribution in [0.4, 0.5) is 0 Å². The van der Waals surface area contributed by atoms with Crippen LogP contribution in [-0.4, -0.2) is 35.6 Å². The number of pyridine rings is 2. The molecule has 0 aliphatic heterocycles. The van der Waals surface area contributed by atoms with Crippen molar-refractivity contribution in [1.29, 1.82) is 0 Å². The van der Waals surface area contributed by atoms with Gasteiger partial charge in [0.25, 0.3) is 22.2 Å². The Labute approximate surface area is 710 Å². The Bertz CT molecular complexity index is 4420. The Balaban J connectivity index is 1.21. The fraction of sp³-hybridized carbons (Fsp3) is 0.667. The summed E-state index contributed by atoms with van der Waals surface area (Å²) in [6.07, 6.45) is 65.0. The molecule has 9 aromatic carbocycles. The van der Waals surface area contributed by atoms with Crippen molar-refractivity contribution in [1.82, 2.24) is 9.13 Å². The quantitative estimate of drug-likeness (QED) is 0.0210. The zero-order valence-electron chi connectivity index (χ0n) is 75.8. The molecule has 2 aromatic heterocycles. The van der Waals surface area contributed by atoms with Gasteiger partial charge in [-0.1, -0.05) is 364 Å². The number of nitrogens with zero attached hydrogens (tertiary/aromatic N) is 2. The lowest BCUT2D eigenvalue weighted by Crippen LogP contribution is -2.36. The summed E-state index contributed by atoms with van der Waals surface area (Å²) in [7, 11) is 0. The first kappa shape index (κ1) is 92.0. The average molecular weight is 1610 g/mol. The Morgan fingerprint density at radius 3 is 0.568 bits per heavy atom. The number of aromatic nitrogens is 2. The van der Waals surface area contributed by atoms with Crippen molar-refractivity contribution >= 4 is 108 Å². The van der Waals surface area contributed by atoms with Crippen LogP contribution in [0.5, 0.6) is 23.0 Å². The highest BCUT2D eigenvalue weighted by molar-refractivity contribution is 6.54. The molecule has 0 amide bonds. The van der Waals surface area contributed by atoms with E-state index < -0.39 is 0 Å². The fourth-order valence-corrected chi connectivity index (χ4v) is 20.4. The molecule has 0 saturated heterocycles. The third-order valence-corrected chi connectivity index (χ3v) is 27.3. The summed E-state index contributed by atoms with van der Waals surface area (Å²) in [6.45, 7) is 21.1. The molecule has 0 radical (unpaired) electrons. The van der Waals surface area contributed by atoms with Crippen LogP contribution in [0.15, 0.2) is 67.7 Å². The van der Waals surface area contributed by atoms with E-state index in [0.29, 0.717) is 94.8 Å². The SMILES string of the molecule is CCCCCCCCCCC(CCCCCCCC)Cn1c(=O)c2cc3c4cc(OCCCCCCCC)c(OCCCCCCCC)cc4c4cc5c(=O)n(CC(CCCCCCCC)CCCCCCCCCC)c(=O)c6cc7c8cc(OCCCCCCCC)c(OCCCCCCCC)cc8c8cc(c1=O)c2c1c3c4c(c56)c7c81. The highest BCUT2D eigenvalue weighted by Crippen LogP contribution is 2.57. The molecule has 0 N–H and O–H groups in total. The minimum atomic E-state index is -0.228. The van der Waals surface area contributed by atoms with Crippen molar-refractivity contribution in [3.8, 4) is 23.0 Å². The Morgan fingerprint density at radius 2 is 0.373 bits per heavy atom. The van der Waals surface area contributed by atoms with E-state index >= 15 is 19.2 Å². The van der Waals surface area contributed by atoms with Crippen molar-refractivity contribution in [2.75, 3.05) is 26.4 Å². The highest BCUT2D eigenvalue weighted by Gasteiger charge is 2.33. The van der Waals surface area contributed by atoms with Crippen molar-refractivity contribution < 1.29 is 18.9 Å². The number of ether oxygens (including phenoxy) is 4. The average Bonchev–Trinajstić information content (AvgIpc) is 0.653. The van der Waals surface area contributed by atoms with Gasteiger partial charge >= 0.3 is 0 Å². The van der Waals surface area contributed by atoms with Gasteiger partial charge < -0.3 is 18.9 Å². The standard InChI is InChI=1S/C108H158N2O8/c1-9-17-25-33-41-43-47-55-63-79(61-53-45-35-27-19-11-3)77-109-105(111)89-69-85-81-73-93(115-65-57-49-37-29-21-13-5)95(117-67-59-51-39-31-23-15-7)75-83(81)87-71-91-98-92(108(114)110(107(91)113)78-80(62-54-46-36-28-20-12-4)64-56-48-44-42-34-26-18-10-2)72-88-84-76-96(118-68-60-52-40-32-24-16-8)94(116-66-58-50-38-30-22-14-6)74-82(84)86-70-90(106(109)112)97(89)103-99(85)101(87)104(98)102(88)100(86)103/h69-76,79-80H,9-68,77-78H2,1-8H3. The second-order valence-corrected chi connectivity index (χ2v) is 36.9. The maximum absolute atomic E-state index is 16.6. The summed E-state index contributed by atoms with van der Waals surface area (Å²) < 4.78 is 31.8. The molecule has 10 heteroatoms. The van der Waals surface area contributed by atoms with Crippen molar-refractivity contribution in [3.63, 3.8) is 0 Å². The summed E-state index contributed by atoms with van der Waals surface area (Å²) >= 11 is 0. The van der Waals surface area contributed by atoms with E-state index in [9.17, 15) is 0 Å². The number of hydrogen-bond acceptors (Lipinski definition) is 8. The molecule has 10 nitrogen and oxygen atoms in total. The van der Waals surface area contributed by atoms with Gasteiger partial charge in [-0.05, 0) is 176 Å². The molecule has 11 rings (SSSR count). The lowest BCUT2D eigenvalue weighted by Gasteiger charge is -2.27. The molecule has 2 atom stereocenters. The molecule has 0 aliphatic carbocycles. The minimum absolute atomic E-state index is 0.160. The minimum Gasteiger partial charge on any atom is -0.490 e. The summed E-state index contributed by atoms with van der Waals surface area (Å²) in [5.41, 5.74) is -0.913. The number of hydrogen-bond donors (Lipinski definition) is 0. The van der Waals surface area contributed by atoms with Crippen LogP contribution in [0.3, 0.4) is 0 Å². The van der Waals surface area contributed by atoms with Crippen LogP contribution < -0.4 is 41.2 Å². The second kappa shape index (κ2) is 49.4. The molecule has 2 heterocycles. The van der Waals surface area contributed by atoms with Crippen LogP contribution in [0.25, 0.3) is 108 Å². The molecule has 0 saturated carbocycles. The van der Waals surface area contributed by atoms with Crippen LogP contribution in [-0.2, 0) is 13.1 Å². The number of rotatable bonds is 68. The van der Waals surface area contributed by atoms with E-state index in [-0.39, 0.29) is 34.1 Å². The molecule has 0 spiro atoms. The predicted octanol–water partition coefficient (Wildman–Crippen LogP) is 32.2. The summed E-state index contributed by atoms with van der Waals surface area (Å²) in [6, 6.07) is 17.5. The summed E-state index contributed by atoms with van der Waals surface area (Å²) in [5.74, 6) is 3.05. The van der Waals surface area contributed by atoms with Gasteiger partial charge in [0.2, 0.25) is 0 Å². The monoisotopic (exact) mass is 1610 g/mol. The Hall–Kier alpha value is -6.68. The Morgan fingerprint density at radius 1 is 0.195 bits per heavy atom. The van der Waals surface area contributed by atoms with Gasteiger partial charge in [-0.15, -0.1) is 0 Å².